The molecule has 0 spiro atoms. The van der Waals surface area contributed by atoms with Crippen LogP contribution < -0.4 is 0 Å². The summed E-state index contributed by atoms with van der Waals surface area (Å²) < 4.78 is 0. The van der Waals surface area contributed by atoms with Crippen molar-refractivity contribution in [2.75, 3.05) is 19.0 Å². The minimum Gasteiger partial charge on any atom is -0.300 e. The predicted octanol–water partition coefficient (Wildman–Crippen LogP) is 2.91. The standard InChI is InChI=1S/C10H18ClN.ClH/c11-8-9-4-3-7-12-6-2-1-5-10(9)12;/h9-10H,1-8H2;1H. The van der Waals surface area contributed by atoms with Crippen molar-refractivity contribution in [3.8, 4) is 0 Å². The van der Waals surface area contributed by atoms with Crippen molar-refractivity contribution in [2.24, 2.45) is 5.92 Å². The second-order valence-corrected chi connectivity index (χ2v) is 4.46. The zero-order valence-electron chi connectivity index (χ0n) is 8.04. The van der Waals surface area contributed by atoms with Gasteiger partial charge in [0.15, 0.2) is 0 Å². The molecule has 3 heteroatoms. The summed E-state index contributed by atoms with van der Waals surface area (Å²) in [6, 6.07) is 0.838. The highest BCUT2D eigenvalue weighted by atomic mass is 35.5. The van der Waals surface area contributed by atoms with Gasteiger partial charge in [0.2, 0.25) is 0 Å². The largest absolute Gasteiger partial charge is 0.300 e. The lowest BCUT2D eigenvalue weighted by atomic mass is 9.85. The van der Waals surface area contributed by atoms with Crippen LogP contribution in [0.15, 0.2) is 0 Å². The van der Waals surface area contributed by atoms with E-state index in [2.05, 4.69) is 4.90 Å². The second-order valence-electron chi connectivity index (χ2n) is 4.16. The third-order valence-corrected chi connectivity index (χ3v) is 3.82. The molecule has 0 aliphatic carbocycles. The number of hydrogen-bond donors (Lipinski definition) is 0. The number of rotatable bonds is 1. The predicted molar refractivity (Wildman–Crippen MR) is 59.9 cm³/mol. The minimum atomic E-state index is 0. The average molecular weight is 224 g/mol. The van der Waals surface area contributed by atoms with Crippen LogP contribution in [0.25, 0.3) is 0 Å². The maximum atomic E-state index is 5.97. The summed E-state index contributed by atoms with van der Waals surface area (Å²) >= 11 is 5.97. The maximum Gasteiger partial charge on any atom is 0.0266 e. The second kappa shape index (κ2) is 5.43. The summed E-state index contributed by atoms with van der Waals surface area (Å²) in [6.45, 7) is 2.66. The van der Waals surface area contributed by atoms with Crippen LogP contribution in [0.3, 0.4) is 0 Å². The fourth-order valence-corrected chi connectivity index (χ4v) is 3.12. The van der Waals surface area contributed by atoms with E-state index in [4.69, 9.17) is 11.6 Å². The molecule has 2 atom stereocenters. The van der Waals surface area contributed by atoms with Crippen molar-refractivity contribution < 1.29 is 0 Å². The van der Waals surface area contributed by atoms with E-state index in [1.54, 1.807) is 0 Å². The van der Waals surface area contributed by atoms with Gasteiger partial charge in [-0.3, -0.25) is 0 Å². The van der Waals surface area contributed by atoms with Crippen LogP contribution in [0.2, 0.25) is 0 Å². The molecule has 0 amide bonds. The third kappa shape index (κ3) is 2.51. The first-order valence-corrected chi connectivity index (χ1v) is 5.75. The van der Waals surface area contributed by atoms with Crippen LogP contribution in [-0.2, 0) is 0 Å². The molecular weight excluding hydrogens is 205 g/mol. The van der Waals surface area contributed by atoms with Crippen LogP contribution in [0.5, 0.6) is 0 Å². The van der Waals surface area contributed by atoms with Gasteiger partial charge in [0, 0.05) is 11.9 Å². The van der Waals surface area contributed by atoms with Crippen molar-refractivity contribution >= 4 is 24.0 Å². The summed E-state index contributed by atoms with van der Waals surface area (Å²) in [7, 11) is 0. The first-order valence-electron chi connectivity index (χ1n) is 5.22. The number of halogens is 2. The number of alkyl halides is 1. The van der Waals surface area contributed by atoms with E-state index >= 15 is 0 Å². The highest BCUT2D eigenvalue weighted by Crippen LogP contribution is 2.31. The summed E-state index contributed by atoms with van der Waals surface area (Å²) in [5.41, 5.74) is 0. The summed E-state index contributed by atoms with van der Waals surface area (Å²) in [6.07, 6.45) is 6.97. The van der Waals surface area contributed by atoms with Gasteiger partial charge in [0.25, 0.3) is 0 Å². The highest BCUT2D eigenvalue weighted by Gasteiger charge is 2.31. The molecule has 0 aromatic rings. The first kappa shape index (κ1) is 11.6. The SMILES string of the molecule is Cl.ClCC1CCCN2CCCCC12. The van der Waals surface area contributed by atoms with Gasteiger partial charge in [-0.15, -0.1) is 24.0 Å². The van der Waals surface area contributed by atoms with Gasteiger partial charge >= 0.3 is 0 Å². The molecule has 2 saturated heterocycles. The molecule has 2 fully saturated rings. The lowest BCUT2D eigenvalue weighted by Gasteiger charge is -2.43. The quantitative estimate of drug-likeness (QED) is 0.619. The molecule has 13 heavy (non-hydrogen) atoms. The minimum absolute atomic E-state index is 0. The summed E-state index contributed by atoms with van der Waals surface area (Å²) in [5.74, 6) is 1.67. The Morgan fingerprint density at radius 2 is 1.85 bits per heavy atom. The van der Waals surface area contributed by atoms with Gasteiger partial charge in [-0.1, -0.05) is 6.42 Å². The van der Waals surface area contributed by atoms with Crippen LogP contribution in [0.1, 0.15) is 32.1 Å². The smallest absolute Gasteiger partial charge is 0.0266 e. The number of fused-ring (bicyclic) bond motifs is 1. The molecule has 0 bridgehead atoms. The molecule has 0 radical (unpaired) electrons. The number of hydrogen-bond acceptors (Lipinski definition) is 1. The van der Waals surface area contributed by atoms with Gasteiger partial charge in [-0.2, -0.15) is 0 Å². The fraction of sp³-hybridized carbons (Fsp3) is 1.00. The first-order chi connectivity index (χ1) is 5.92. The maximum absolute atomic E-state index is 5.97. The van der Waals surface area contributed by atoms with Crippen LogP contribution in [0.4, 0.5) is 0 Å². The Kier molecular flexibility index (Phi) is 4.85. The molecule has 2 aliphatic heterocycles. The van der Waals surface area contributed by atoms with E-state index in [9.17, 15) is 0 Å². The van der Waals surface area contributed by atoms with Crippen LogP contribution in [0, 0.1) is 5.92 Å². The Hall–Kier alpha value is 0.540. The lowest BCUT2D eigenvalue weighted by molar-refractivity contribution is 0.0688. The summed E-state index contributed by atoms with van der Waals surface area (Å²) in [5, 5.41) is 0. The van der Waals surface area contributed by atoms with E-state index in [0.29, 0.717) is 0 Å². The molecule has 2 unspecified atom stereocenters. The molecule has 0 saturated carbocycles. The normalized spacial score (nSPS) is 34.8. The number of piperidine rings is 2. The molecule has 0 aromatic carbocycles. The highest BCUT2D eigenvalue weighted by molar-refractivity contribution is 6.18. The van der Waals surface area contributed by atoms with E-state index < -0.39 is 0 Å². The van der Waals surface area contributed by atoms with Crippen LogP contribution >= 0.6 is 24.0 Å². The van der Waals surface area contributed by atoms with Gasteiger partial charge in [-0.25, -0.2) is 0 Å². The zero-order valence-corrected chi connectivity index (χ0v) is 9.62. The Morgan fingerprint density at radius 3 is 2.62 bits per heavy atom. The molecule has 2 aliphatic rings. The lowest BCUT2D eigenvalue weighted by Crippen LogP contribution is -2.48. The fourth-order valence-electron chi connectivity index (χ4n) is 2.76. The van der Waals surface area contributed by atoms with Crippen molar-refractivity contribution in [3.05, 3.63) is 0 Å². The Labute approximate surface area is 92.2 Å². The molecule has 78 valence electrons. The van der Waals surface area contributed by atoms with Crippen molar-refractivity contribution in [2.45, 2.75) is 38.1 Å². The Morgan fingerprint density at radius 1 is 1.08 bits per heavy atom. The Balaban J connectivity index is 0.000000845. The van der Waals surface area contributed by atoms with E-state index in [0.717, 1.165) is 17.8 Å². The molecule has 1 nitrogen and oxygen atoms in total. The van der Waals surface area contributed by atoms with Crippen LogP contribution in [-0.4, -0.2) is 29.9 Å². The van der Waals surface area contributed by atoms with E-state index in [-0.39, 0.29) is 12.4 Å². The number of nitrogens with zero attached hydrogens (tertiary/aromatic N) is 1. The molecule has 0 aromatic heterocycles. The molecule has 0 N–H and O–H groups in total. The van der Waals surface area contributed by atoms with Gasteiger partial charge in [-0.05, 0) is 44.7 Å². The topological polar surface area (TPSA) is 3.24 Å². The third-order valence-electron chi connectivity index (χ3n) is 3.43. The summed E-state index contributed by atoms with van der Waals surface area (Å²) in [4.78, 5) is 2.67. The van der Waals surface area contributed by atoms with Crippen molar-refractivity contribution in [3.63, 3.8) is 0 Å². The van der Waals surface area contributed by atoms with Gasteiger partial charge in [0.1, 0.15) is 0 Å². The van der Waals surface area contributed by atoms with Crippen molar-refractivity contribution in [1.82, 2.24) is 4.90 Å². The van der Waals surface area contributed by atoms with Gasteiger partial charge < -0.3 is 4.90 Å². The average Bonchev–Trinajstić information content (AvgIpc) is 2.17. The molecule has 2 heterocycles. The monoisotopic (exact) mass is 223 g/mol. The molecular formula is C10H19Cl2N. The zero-order chi connectivity index (χ0) is 8.39. The Bertz CT molecular complexity index is 143. The van der Waals surface area contributed by atoms with E-state index in [1.165, 1.54) is 45.2 Å². The van der Waals surface area contributed by atoms with Crippen molar-refractivity contribution in [1.29, 1.82) is 0 Å². The van der Waals surface area contributed by atoms with Gasteiger partial charge in [0.05, 0.1) is 0 Å². The molecule has 2 rings (SSSR count). The van der Waals surface area contributed by atoms with E-state index in [1.807, 2.05) is 0 Å².